The third-order valence-corrected chi connectivity index (χ3v) is 3.25. The number of ether oxygens (including phenoxy) is 1. The number of halogens is 1. The molecular formula is C17H18FNO2. The van der Waals surface area contributed by atoms with Crippen molar-refractivity contribution in [3.63, 3.8) is 0 Å². The molecule has 110 valence electrons. The molecule has 21 heavy (non-hydrogen) atoms. The summed E-state index contributed by atoms with van der Waals surface area (Å²) in [7, 11) is 1.73. The van der Waals surface area contributed by atoms with Crippen molar-refractivity contribution in [2.24, 2.45) is 0 Å². The zero-order valence-corrected chi connectivity index (χ0v) is 12.2. The van der Waals surface area contributed by atoms with Gasteiger partial charge < -0.3 is 9.64 Å². The molecule has 0 saturated carbocycles. The maximum Gasteiger partial charge on any atom is 0.260 e. The number of hydrogen-bond donors (Lipinski definition) is 0. The maximum absolute atomic E-state index is 13.0. The number of likely N-dealkylation sites (N-methyl/N-ethyl adjacent to an activating group) is 1. The van der Waals surface area contributed by atoms with Crippen molar-refractivity contribution in [3.8, 4) is 5.75 Å². The Balaban J connectivity index is 1.90. The van der Waals surface area contributed by atoms with Gasteiger partial charge in [-0.3, -0.25) is 4.79 Å². The highest BCUT2D eigenvalue weighted by Gasteiger charge is 2.11. The van der Waals surface area contributed by atoms with Gasteiger partial charge in [0.25, 0.3) is 5.91 Å². The molecule has 0 saturated heterocycles. The average molecular weight is 287 g/mol. The second-order valence-electron chi connectivity index (χ2n) is 4.92. The summed E-state index contributed by atoms with van der Waals surface area (Å²) in [5.74, 6) is -0.177. The molecule has 0 aliphatic rings. The molecule has 3 nitrogen and oxygen atoms in total. The Morgan fingerprint density at radius 1 is 1.19 bits per heavy atom. The Labute approximate surface area is 124 Å². The van der Waals surface area contributed by atoms with Crippen molar-refractivity contribution in [1.29, 1.82) is 0 Å². The molecular weight excluding hydrogens is 269 g/mol. The van der Waals surface area contributed by atoms with E-state index in [1.807, 2.05) is 31.2 Å². The van der Waals surface area contributed by atoms with E-state index in [0.29, 0.717) is 12.3 Å². The van der Waals surface area contributed by atoms with Gasteiger partial charge in [-0.15, -0.1) is 0 Å². The summed E-state index contributed by atoms with van der Waals surface area (Å²) in [5, 5.41) is 0. The zero-order chi connectivity index (χ0) is 15.2. The highest BCUT2D eigenvalue weighted by atomic mass is 19.1. The Bertz CT molecular complexity index is 628. The van der Waals surface area contributed by atoms with Gasteiger partial charge in [0.15, 0.2) is 6.61 Å². The van der Waals surface area contributed by atoms with Gasteiger partial charge in [0.05, 0.1) is 0 Å². The number of benzene rings is 2. The van der Waals surface area contributed by atoms with Crippen LogP contribution in [0.4, 0.5) is 4.39 Å². The average Bonchev–Trinajstić information content (AvgIpc) is 2.47. The molecule has 0 spiro atoms. The van der Waals surface area contributed by atoms with Crippen LogP contribution >= 0.6 is 0 Å². The van der Waals surface area contributed by atoms with Crippen LogP contribution in [0.1, 0.15) is 11.1 Å². The van der Waals surface area contributed by atoms with E-state index in [1.54, 1.807) is 24.1 Å². The van der Waals surface area contributed by atoms with Crippen LogP contribution in [0.25, 0.3) is 0 Å². The van der Waals surface area contributed by atoms with E-state index in [1.165, 1.54) is 12.1 Å². The van der Waals surface area contributed by atoms with Gasteiger partial charge in [0, 0.05) is 19.7 Å². The third kappa shape index (κ3) is 4.31. The first-order valence-corrected chi connectivity index (χ1v) is 6.73. The molecule has 2 aromatic carbocycles. The first kappa shape index (κ1) is 15.0. The number of rotatable bonds is 5. The van der Waals surface area contributed by atoms with E-state index in [4.69, 9.17) is 4.74 Å². The standard InChI is InChI=1S/C17H18FNO2/c1-13-6-3-4-7-14(13)11-19(2)17(20)12-21-16-9-5-8-15(18)10-16/h3-10H,11-12H2,1-2H3. The van der Waals surface area contributed by atoms with Crippen LogP contribution < -0.4 is 4.74 Å². The molecule has 0 radical (unpaired) electrons. The molecule has 0 aromatic heterocycles. The van der Waals surface area contributed by atoms with Crippen LogP contribution in [0, 0.1) is 12.7 Å². The van der Waals surface area contributed by atoms with Crippen molar-refractivity contribution < 1.29 is 13.9 Å². The predicted molar refractivity (Wildman–Crippen MR) is 79.5 cm³/mol. The van der Waals surface area contributed by atoms with Gasteiger partial charge in [-0.2, -0.15) is 0 Å². The molecule has 0 aliphatic heterocycles. The van der Waals surface area contributed by atoms with E-state index in [2.05, 4.69) is 0 Å². The lowest BCUT2D eigenvalue weighted by atomic mass is 10.1. The molecule has 0 unspecified atom stereocenters. The fraction of sp³-hybridized carbons (Fsp3) is 0.235. The number of nitrogens with zero attached hydrogens (tertiary/aromatic N) is 1. The summed E-state index contributed by atoms with van der Waals surface area (Å²) in [6.07, 6.45) is 0. The molecule has 0 heterocycles. The molecule has 0 aliphatic carbocycles. The lowest BCUT2D eigenvalue weighted by Gasteiger charge is -2.18. The van der Waals surface area contributed by atoms with Crippen molar-refractivity contribution in [2.45, 2.75) is 13.5 Å². The molecule has 4 heteroatoms. The van der Waals surface area contributed by atoms with Crippen molar-refractivity contribution in [3.05, 3.63) is 65.5 Å². The smallest absolute Gasteiger partial charge is 0.260 e. The van der Waals surface area contributed by atoms with E-state index in [-0.39, 0.29) is 18.3 Å². The van der Waals surface area contributed by atoms with Crippen LogP contribution in [-0.4, -0.2) is 24.5 Å². The second kappa shape index (κ2) is 6.88. The van der Waals surface area contributed by atoms with Crippen LogP contribution in [0.3, 0.4) is 0 Å². The Kier molecular flexibility index (Phi) is 4.93. The van der Waals surface area contributed by atoms with Gasteiger partial charge in [-0.25, -0.2) is 4.39 Å². The van der Waals surface area contributed by atoms with Gasteiger partial charge in [-0.1, -0.05) is 30.3 Å². The summed E-state index contributed by atoms with van der Waals surface area (Å²) >= 11 is 0. The van der Waals surface area contributed by atoms with E-state index < -0.39 is 0 Å². The molecule has 0 fully saturated rings. The zero-order valence-electron chi connectivity index (χ0n) is 12.2. The van der Waals surface area contributed by atoms with Crippen LogP contribution in [0.15, 0.2) is 48.5 Å². The molecule has 0 N–H and O–H groups in total. The van der Waals surface area contributed by atoms with Gasteiger partial charge in [0.2, 0.25) is 0 Å². The largest absolute Gasteiger partial charge is 0.484 e. The highest BCUT2D eigenvalue weighted by Crippen LogP contribution is 2.13. The molecule has 0 bridgehead atoms. The normalized spacial score (nSPS) is 10.2. The minimum absolute atomic E-state index is 0.105. The third-order valence-electron chi connectivity index (χ3n) is 3.25. The Morgan fingerprint density at radius 3 is 2.67 bits per heavy atom. The lowest BCUT2D eigenvalue weighted by Crippen LogP contribution is -2.31. The number of amides is 1. The van der Waals surface area contributed by atoms with Crippen molar-refractivity contribution in [1.82, 2.24) is 4.90 Å². The first-order valence-electron chi connectivity index (χ1n) is 6.73. The Hall–Kier alpha value is -2.36. The summed E-state index contributed by atoms with van der Waals surface area (Å²) in [5.41, 5.74) is 2.24. The van der Waals surface area contributed by atoms with Crippen LogP contribution in [0.2, 0.25) is 0 Å². The van der Waals surface area contributed by atoms with E-state index in [9.17, 15) is 9.18 Å². The SMILES string of the molecule is Cc1ccccc1CN(C)C(=O)COc1cccc(F)c1. The van der Waals surface area contributed by atoms with Gasteiger partial charge >= 0.3 is 0 Å². The first-order chi connectivity index (χ1) is 10.1. The number of carbonyl (C=O) groups is 1. The van der Waals surface area contributed by atoms with Crippen LogP contribution in [0.5, 0.6) is 5.75 Å². The number of aryl methyl sites for hydroxylation is 1. The second-order valence-corrected chi connectivity index (χ2v) is 4.92. The molecule has 0 atom stereocenters. The van der Waals surface area contributed by atoms with Crippen molar-refractivity contribution >= 4 is 5.91 Å². The van der Waals surface area contributed by atoms with E-state index in [0.717, 1.165) is 11.1 Å². The summed E-state index contributed by atoms with van der Waals surface area (Å²) in [6, 6.07) is 13.7. The van der Waals surface area contributed by atoms with Gasteiger partial charge in [-0.05, 0) is 30.2 Å². The summed E-state index contributed by atoms with van der Waals surface area (Å²) < 4.78 is 18.3. The summed E-state index contributed by atoms with van der Waals surface area (Å²) in [4.78, 5) is 13.6. The Morgan fingerprint density at radius 2 is 1.95 bits per heavy atom. The van der Waals surface area contributed by atoms with Gasteiger partial charge in [0.1, 0.15) is 11.6 Å². The fourth-order valence-corrected chi connectivity index (χ4v) is 1.94. The van der Waals surface area contributed by atoms with Crippen molar-refractivity contribution in [2.75, 3.05) is 13.7 Å². The lowest BCUT2D eigenvalue weighted by molar-refractivity contribution is -0.132. The van der Waals surface area contributed by atoms with E-state index >= 15 is 0 Å². The summed E-state index contributed by atoms with van der Waals surface area (Å²) in [6.45, 7) is 2.43. The van der Waals surface area contributed by atoms with Crippen LogP contribution in [-0.2, 0) is 11.3 Å². The number of hydrogen-bond acceptors (Lipinski definition) is 2. The minimum Gasteiger partial charge on any atom is -0.484 e. The fourth-order valence-electron chi connectivity index (χ4n) is 1.94. The minimum atomic E-state index is -0.381. The monoisotopic (exact) mass is 287 g/mol. The molecule has 1 amide bonds. The number of carbonyl (C=O) groups excluding carboxylic acids is 1. The highest BCUT2D eigenvalue weighted by molar-refractivity contribution is 5.77. The topological polar surface area (TPSA) is 29.5 Å². The molecule has 2 rings (SSSR count). The predicted octanol–water partition coefficient (Wildman–Crippen LogP) is 3.17. The quantitative estimate of drug-likeness (QED) is 0.845. The maximum atomic E-state index is 13.0. The molecule has 2 aromatic rings.